The van der Waals surface area contributed by atoms with Crippen LogP contribution in [0.2, 0.25) is 0 Å². The molecule has 0 aromatic rings. The van der Waals surface area contributed by atoms with E-state index in [4.69, 9.17) is 9.47 Å². The molecule has 0 heterocycles. The lowest BCUT2D eigenvalue weighted by molar-refractivity contribution is 0.0648. The van der Waals surface area contributed by atoms with Crippen molar-refractivity contribution < 1.29 is 9.47 Å². The van der Waals surface area contributed by atoms with Gasteiger partial charge in [-0.1, -0.05) is 6.92 Å². The highest BCUT2D eigenvalue weighted by Gasteiger charge is 2.32. The maximum Gasteiger partial charge on any atom is 0.0672 e. The summed E-state index contributed by atoms with van der Waals surface area (Å²) < 4.78 is 10.3. The zero-order chi connectivity index (χ0) is 14.1. The summed E-state index contributed by atoms with van der Waals surface area (Å²) in [5.41, 5.74) is 0. The molecule has 1 aliphatic carbocycles. The molecule has 1 fully saturated rings. The molecule has 3 atom stereocenters. The van der Waals surface area contributed by atoms with Gasteiger partial charge in [0.2, 0.25) is 0 Å². The molecule has 1 saturated carbocycles. The van der Waals surface area contributed by atoms with Crippen molar-refractivity contribution in [3.8, 4) is 6.07 Å². The first-order valence-electron chi connectivity index (χ1n) is 7.34. The van der Waals surface area contributed by atoms with Crippen molar-refractivity contribution in [1.29, 1.82) is 5.26 Å². The molecule has 0 saturated heterocycles. The molecule has 1 rings (SSSR count). The Morgan fingerprint density at radius 2 is 1.89 bits per heavy atom. The fourth-order valence-electron chi connectivity index (χ4n) is 2.97. The zero-order valence-corrected chi connectivity index (χ0v) is 12.6. The SMILES string of the molecule is COCCCN(CCOC)C1CC(C)CCC1C#N. The van der Waals surface area contributed by atoms with Gasteiger partial charge in [-0.15, -0.1) is 0 Å². The Morgan fingerprint density at radius 1 is 1.16 bits per heavy atom. The standard InChI is InChI=1S/C15H28N2O2/c1-13-5-6-14(12-16)15(11-13)17(8-10-19-3)7-4-9-18-2/h13-15H,4-11H2,1-3H3. The third kappa shape index (κ3) is 5.48. The first-order chi connectivity index (χ1) is 9.22. The Morgan fingerprint density at radius 3 is 2.53 bits per heavy atom. The molecular formula is C15H28N2O2. The Bertz CT molecular complexity index is 278. The van der Waals surface area contributed by atoms with Crippen molar-refractivity contribution >= 4 is 0 Å². The van der Waals surface area contributed by atoms with E-state index in [-0.39, 0.29) is 5.92 Å². The van der Waals surface area contributed by atoms with Gasteiger partial charge in [-0.2, -0.15) is 5.26 Å². The van der Waals surface area contributed by atoms with Crippen LogP contribution < -0.4 is 0 Å². The molecule has 0 bridgehead atoms. The van der Waals surface area contributed by atoms with Crippen LogP contribution in [-0.2, 0) is 9.47 Å². The minimum absolute atomic E-state index is 0.176. The molecule has 0 spiro atoms. The maximum absolute atomic E-state index is 9.36. The van der Waals surface area contributed by atoms with Gasteiger partial charge < -0.3 is 9.47 Å². The summed E-state index contributed by atoms with van der Waals surface area (Å²) in [4.78, 5) is 2.44. The van der Waals surface area contributed by atoms with Gasteiger partial charge in [-0.25, -0.2) is 0 Å². The van der Waals surface area contributed by atoms with Gasteiger partial charge in [-0.3, -0.25) is 4.90 Å². The molecule has 110 valence electrons. The molecule has 0 amide bonds. The van der Waals surface area contributed by atoms with Gasteiger partial charge in [0.15, 0.2) is 0 Å². The predicted molar refractivity (Wildman–Crippen MR) is 75.8 cm³/mol. The predicted octanol–water partition coefficient (Wildman–Crippen LogP) is 2.30. The van der Waals surface area contributed by atoms with Crippen molar-refractivity contribution in [3.63, 3.8) is 0 Å². The van der Waals surface area contributed by atoms with Gasteiger partial charge in [0.05, 0.1) is 18.6 Å². The van der Waals surface area contributed by atoms with Crippen molar-refractivity contribution in [2.24, 2.45) is 11.8 Å². The van der Waals surface area contributed by atoms with Gasteiger partial charge in [0, 0.05) is 40.0 Å². The summed E-state index contributed by atoms with van der Waals surface area (Å²) >= 11 is 0. The van der Waals surface area contributed by atoms with Crippen LogP contribution in [0.25, 0.3) is 0 Å². The zero-order valence-electron chi connectivity index (χ0n) is 12.6. The van der Waals surface area contributed by atoms with Crippen LogP contribution in [0.4, 0.5) is 0 Å². The van der Waals surface area contributed by atoms with Crippen molar-refractivity contribution in [2.45, 2.75) is 38.6 Å². The lowest BCUT2D eigenvalue weighted by Crippen LogP contribution is -2.45. The second-order valence-corrected chi connectivity index (χ2v) is 5.60. The fraction of sp³-hybridized carbons (Fsp3) is 0.933. The third-order valence-corrected chi connectivity index (χ3v) is 4.09. The van der Waals surface area contributed by atoms with E-state index in [0.29, 0.717) is 6.04 Å². The average Bonchev–Trinajstić information content (AvgIpc) is 2.42. The summed E-state index contributed by atoms with van der Waals surface area (Å²) in [5, 5.41) is 9.36. The van der Waals surface area contributed by atoms with Gasteiger partial charge in [0.25, 0.3) is 0 Å². The van der Waals surface area contributed by atoms with Crippen molar-refractivity contribution in [3.05, 3.63) is 0 Å². The van der Waals surface area contributed by atoms with Gasteiger partial charge >= 0.3 is 0 Å². The summed E-state index contributed by atoms with van der Waals surface area (Å²) in [5.74, 6) is 0.901. The Kier molecular flexibility index (Phi) is 8.04. The van der Waals surface area contributed by atoms with E-state index in [1.54, 1.807) is 14.2 Å². The van der Waals surface area contributed by atoms with Crippen LogP contribution >= 0.6 is 0 Å². The molecule has 0 aromatic carbocycles. The lowest BCUT2D eigenvalue weighted by Gasteiger charge is -2.39. The number of nitrogens with zero attached hydrogens (tertiary/aromatic N) is 2. The van der Waals surface area contributed by atoms with Gasteiger partial charge in [0.1, 0.15) is 0 Å². The summed E-state index contributed by atoms with van der Waals surface area (Å²) in [7, 11) is 3.47. The Labute approximate surface area is 117 Å². The molecule has 0 N–H and O–H groups in total. The fourth-order valence-corrected chi connectivity index (χ4v) is 2.97. The van der Waals surface area contributed by atoms with E-state index in [9.17, 15) is 5.26 Å². The summed E-state index contributed by atoms with van der Waals surface area (Å²) in [6.07, 6.45) is 4.37. The molecule has 3 unspecified atom stereocenters. The Balaban J connectivity index is 2.60. The summed E-state index contributed by atoms with van der Waals surface area (Å²) in [6.45, 7) is 5.71. The van der Waals surface area contributed by atoms with Crippen LogP contribution in [0.1, 0.15) is 32.6 Å². The van der Waals surface area contributed by atoms with E-state index in [1.807, 2.05) is 0 Å². The van der Waals surface area contributed by atoms with Gasteiger partial charge in [-0.05, 0) is 31.6 Å². The smallest absolute Gasteiger partial charge is 0.0672 e. The molecule has 0 radical (unpaired) electrons. The highest BCUT2D eigenvalue weighted by molar-refractivity contribution is 4.97. The monoisotopic (exact) mass is 268 g/mol. The number of ether oxygens (including phenoxy) is 2. The highest BCUT2D eigenvalue weighted by atomic mass is 16.5. The third-order valence-electron chi connectivity index (χ3n) is 4.09. The summed E-state index contributed by atoms with van der Waals surface area (Å²) in [6, 6.07) is 2.90. The lowest BCUT2D eigenvalue weighted by atomic mass is 9.79. The quantitative estimate of drug-likeness (QED) is 0.634. The number of hydrogen-bond acceptors (Lipinski definition) is 4. The molecule has 0 aliphatic heterocycles. The van der Waals surface area contributed by atoms with Crippen molar-refractivity contribution in [1.82, 2.24) is 4.90 Å². The first-order valence-corrected chi connectivity index (χ1v) is 7.34. The van der Waals surface area contributed by atoms with Crippen LogP contribution in [0.15, 0.2) is 0 Å². The normalized spacial score (nSPS) is 27.4. The second-order valence-electron chi connectivity index (χ2n) is 5.60. The van der Waals surface area contributed by atoms with Crippen molar-refractivity contribution in [2.75, 3.05) is 40.5 Å². The largest absolute Gasteiger partial charge is 0.385 e. The number of methoxy groups -OCH3 is 2. The maximum atomic E-state index is 9.36. The van der Waals surface area contributed by atoms with E-state index < -0.39 is 0 Å². The highest BCUT2D eigenvalue weighted by Crippen LogP contribution is 2.31. The van der Waals surface area contributed by atoms with Crippen LogP contribution in [0.5, 0.6) is 0 Å². The topological polar surface area (TPSA) is 45.5 Å². The number of nitriles is 1. The minimum Gasteiger partial charge on any atom is -0.385 e. The second kappa shape index (κ2) is 9.30. The average molecular weight is 268 g/mol. The molecule has 19 heavy (non-hydrogen) atoms. The molecular weight excluding hydrogens is 240 g/mol. The van der Waals surface area contributed by atoms with Crippen LogP contribution in [-0.4, -0.2) is 51.5 Å². The van der Waals surface area contributed by atoms with Crippen LogP contribution in [0.3, 0.4) is 0 Å². The molecule has 4 nitrogen and oxygen atoms in total. The Hall–Kier alpha value is -0.630. The van der Waals surface area contributed by atoms with Crippen LogP contribution in [0, 0.1) is 23.2 Å². The van der Waals surface area contributed by atoms with E-state index in [1.165, 1.54) is 6.42 Å². The first kappa shape index (κ1) is 16.4. The molecule has 4 heteroatoms. The minimum atomic E-state index is 0.176. The number of hydrogen-bond donors (Lipinski definition) is 0. The molecule has 0 aromatic heterocycles. The van der Waals surface area contributed by atoms with E-state index in [0.717, 1.165) is 51.5 Å². The number of rotatable bonds is 8. The van der Waals surface area contributed by atoms with E-state index in [2.05, 4.69) is 17.9 Å². The molecule has 1 aliphatic rings. The van der Waals surface area contributed by atoms with E-state index >= 15 is 0 Å².